The molecule has 0 saturated carbocycles. The lowest BCUT2D eigenvalue weighted by atomic mass is 9.91. The van der Waals surface area contributed by atoms with Crippen LogP contribution in [0.25, 0.3) is 5.82 Å². The number of H-pyrrole nitrogens is 1. The van der Waals surface area contributed by atoms with Gasteiger partial charge in [0.2, 0.25) is 0 Å². The zero-order valence-electron chi connectivity index (χ0n) is 12.5. The molecule has 1 unspecified atom stereocenters. The molecule has 6 heteroatoms. The van der Waals surface area contributed by atoms with E-state index in [4.69, 9.17) is 4.74 Å². The zero-order chi connectivity index (χ0) is 14.9. The van der Waals surface area contributed by atoms with Gasteiger partial charge in [-0.3, -0.25) is 14.8 Å². The van der Waals surface area contributed by atoms with Gasteiger partial charge in [-0.05, 0) is 31.4 Å². The molecule has 1 atom stereocenters. The van der Waals surface area contributed by atoms with Crippen LogP contribution >= 0.6 is 0 Å². The van der Waals surface area contributed by atoms with E-state index in [9.17, 15) is 4.79 Å². The highest BCUT2D eigenvalue weighted by Crippen LogP contribution is 2.32. The van der Waals surface area contributed by atoms with Crippen LogP contribution in [0.4, 0.5) is 0 Å². The molecule has 2 aromatic rings. The second-order valence-electron chi connectivity index (χ2n) is 5.89. The number of morpholine rings is 1. The Bertz CT molecular complexity index is 701. The van der Waals surface area contributed by atoms with Gasteiger partial charge in [0, 0.05) is 31.0 Å². The highest BCUT2D eigenvalue weighted by atomic mass is 16.5. The Morgan fingerprint density at radius 2 is 2.14 bits per heavy atom. The van der Waals surface area contributed by atoms with Crippen molar-refractivity contribution in [1.29, 1.82) is 0 Å². The highest BCUT2D eigenvalue weighted by Gasteiger charge is 2.32. The van der Waals surface area contributed by atoms with Crippen molar-refractivity contribution in [3.63, 3.8) is 0 Å². The number of pyridine rings is 1. The van der Waals surface area contributed by atoms with E-state index in [1.165, 1.54) is 0 Å². The maximum absolute atomic E-state index is 12.9. The third-order valence-corrected chi connectivity index (χ3v) is 4.61. The van der Waals surface area contributed by atoms with Gasteiger partial charge in [-0.1, -0.05) is 6.07 Å². The van der Waals surface area contributed by atoms with Gasteiger partial charge in [0.25, 0.3) is 5.56 Å². The third-order valence-electron chi connectivity index (χ3n) is 4.61. The molecule has 22 heavy (non-hydrogen) atoms. The van der Waals surface area contributed by atoms with Gasteiger partial charge < -0.3 is 4.74 Å². The van der Waals surface area contributed by atoms with E-state index in [1.54, 1.807) is 10.9 Å². The molecule has 1 fully saturated rings. The van der Waals surface area contributed by atoms with Crippen molar-refractivity contribution in [2.75, 3.05) is 26.3 Å². The second kappa shape index (κ2) is 5.70. The molecule has 0 aromatic carbocycles. The minimum Gasteiger partial charge on any atom is -0.379 e. The number of aromatic nitrogens is 3. The van der Waals surface area contributed by atoms with E-state index in [0.29, 0.717) is 5.82 Å². The van der Waals surface area contributed by atoms with Crippen molar-refractivity contribution in [1.82, 2.24) is 19.7 Å². The van der Waals surface area contributed by atoms with Crippen LogP contribution in [-0.2, 0) is 11.2 Å². The van der Waals surface area contributed by atoms with Crippen LogP contribution in [0.15, 0.2) is 29.2 Å². The number of nitrogens with one attached hydrogen (secondary N) is 1. The molecule has 1 aliphatic heterocycles. The normalized spacial score (nSPS) is 22.5. The molecule has 3 heterocycles. The number of aromatic amines is 1. The fraction of sp³-hybridized carbons (Fsp3) is 0.500. The molecule has 4 rings (SSSR count). The second-order valence-corrected chi connectivity index (χ2v) is 5.89. The van der Waals surface area contributed by atoms with E-state index >= 15 is 0 Å². The topological polar surface area (TPSA) is 63.2 Å². The third kappa shape index (κ3) is 2.28. The van der Waals surface area contributed by atoms with Gasteiger partial charge >= 0.3 is 0 Å². The van der Waals surface area contributed by atoms with Crippen LogP contribution < -0.4 is 5.56 Å². The minimum absolute atomic E-state index is 0.0462. The molecule has 1 N–H and O–H groups in total. The standard InChI is InChI=1S/C16H20N4O2/c21-16-15-12(18-20(16)14-6-1-2-7-17-14)4-3-5-13(15)19-8-10-22-11-9-19/h1-2,6-7,13,18H,3-5,8-11H2. The van der Waals surface area contributed by atoms with E-state index < -0.39 is 0 Å². The molecule has 2 aromatic heterocycles. The monoisotopic (exact) mass is 300 g/mol. The Morgan fingerprint density at radius 3 is 2.91 bits per heavy atom. The number of rotatable bonds is 2. The predicted octanol–water partition coefficient (Wildman–Crippen LogP) is 1.27. The smallest absolute Gasteiger partial charge is 0.277 e. The van der Waals surface area contributed by atoms with E-state index in [1.807, 2.05) is 18.2 Å². The maximum atomic E-state index is 12.9. The Morgan fingerprint density at radius 1 is 1.27 bits per heavy atom. The summed E-state index contributed by atoms with van der Waals surface area (Å²) in [6.07, 6.45) is 4.80. The molecule has 0 amide bonds. The summed E-state index contributed by atoms with van der Waals surface area (Å²) in [6.45, 7) is 3.31. The largest absolute Gasteiger partial charge is 0.379 e. The first kappa shape index (κ1) is 13.7. The van der Waals surface area contributed by atoms with E-state index in [2.05, 4.69) is 15.0 Å². The minimum atomic E-state index is 0.0462. The van der Waals surface area contributed by atoms with Gasteiger partial charge in [-0.15, -0.1) is 0 Å². The molecule has 1 aliphatic carbocycles. The zero-order valence-corrected chi connectivity index (χ0v) is 12.5. The van der Waals surface area contributed by atoms with Crippen LogP contribution in [0.2, 0.25) is 0 Å². The molecule has 2 aliphatic rings. The Balaban J connectivity index is 1.75. The Kier molecular flexibility index (Phi) is 3.56. The van der Waals surface area contributed by atoms with Crippen LogP contribution in [0.5, 0.6) is 0 Å². The number of aryl methyl sites for hydroxylation is 1. The summed E-state index contributed by atoms with van der Waals surface area (Å²) in [5.41, 5.74) is 2.04. The first-order valence-corrected chi connectivity index (χ1v) is 7.91. The molecule has 0 bridgehead atoms. The molecule has 1 saturated heterocycles. The number of hydrogen-bond donors (Lipinski definition) is 1. The highest BCUT2D eigenvalue weighted by molar-refractivity contribution is 5.30. The van der Waals surface area contributed by atoms with Gasteiger partial charge in [0.15, 0.2) is 5.82 Å². The van der Waals surface area contributed by atoms with Crippen molar-refractivity contribution < 1.29 is 4.74 Å². The van der Waals surface area contributed by atoms with Crippen molar-refractivity contribution in [2.45, 2.75) is 25.3 Å². The average Bonchev–Trinajstić information content (AvgIpc) is 2.94. The van der Waals surface area contributed by atoms with Crippen LogP contribution in [0.3, 0.4) is 0 Å². The lowest BCUT2D eigenvalue weighted by molar-refractivity contribution is 0.0122. The summed E-state index contributed by atoms with van der Waals surface area (Å²) >= 11 is 0. The predicted molar refractivity (Wildman–Crippen MR) is 82.3 cm³/mol. The van der Waals surface area contributed by atoms with E-state index in [-0.39, 0.29) is 11.6 Å². The van der Waals surface area contributed by atoms with Crippen LogP contribution in [0.1, 0.15) is 30.1 Å². The lowest BCUT2D eigenvalue weighted by Gasteiger charge is -2.35. The van der Waals surface area contributed by atoms with Gasteiger partial charge in [0.05, 0.1) is 18.8 Å². The first-order chi connectivity index (χ1) is 10.8. The molecule has 6 nitrogen and oxygen atoms in total. The number of fused-ring (bicyclic) bond motifs is 1. The first-order valence-electron chi connectivity index (χ1n) is 7.91. The fourth-order valence-corrected chi connectivity index (χ4v) is 3.55. The average molecular weight is 300 g/mol. The fourth-order valence-electron chi connectivity index (χ4n) is 3.55. The quantitative estimate of drug-likeness (QED) is 0.907. The summed E-state index contributed by atoms with van der Waals surface area (Å²) < 4.78 is 7.03. The lowest BCUT2D eigenvalue weighted by Crippen LogP contribution is -2.41. The molecule has 0 spiro atoms. The van der Waals surface area contributed by atoms with Crippen molar-refractivity contribution in [2.24, 2.45) is 0 Å². The van der Waals surface area contributed by atoms with Gasteiger partial charge in [0.1, 0.15) is 0 Å². The van der Waals surface area contributed by atoms with Gasteiger partial charge in [-0.2, -0.15) is 0 Å². The molecular formula is C16H20N4O2. The maximum Gasteiger partial charge on any atom is 0.277 e. The SMILES string of the molecule is O=c1c2c([nH]n1-c1ccccn1)CCCC2N1CCOCC1. The van der Waals surface area contributed by atoms with Crippen molar-refractivity contribution >= 4 is 0 Å². The summed E-state index contributed by atoms with van der Waals surface area (Å²) in [6, 6.07) is 5.82. The summed E-state index contributed by atoms with van der Waals surface area (Å²) in [7, 11) is 0. The van der Waals surface area contributed by atoms with Gasteiger partial charge in [-0.25, -0.2) is 9.67 Å². The summed E-state index contributed by atoms with van der Waals surface area (Å²) in [5.74, 6) is 0.655. The molecular weight excluding hydrogens is 280 g/mol. The Labute approximate surface area is 128 Å². The number of hydrogen-bond acceptors (Lipinski definition) is 4. The summed E-state index contributed by atoms with van der Waals surface area (Å²) in [5, 5.41) is 3.27. The van der Waals surface area contributed by atoms with Crippen molar-refractivity contribution in [3.8, 4) is 5.82 Å². The Hall–Kier alpha value is -1.92. The van der Waals surface area contributed by atoms with Crippen LogP contribution in [0, 0.1) is 0 Å². The number of ether oxygens (including phenoxy) is 1. The van der Waals surface area contributed by atoms with Crippen molar-refractivity contribution in [3.05, 3.63) is 46.0 Å². The summed E-state index contributed by atoms with van der Waals surface area (Å²) in [4.78, 5) is 19.6. The number of nitrogens with zero attached hydrogens (tertiary/aromatic N) is 3. The molecule has 116 valence electrons. The van der Waals surface area contributed by atoms with Crippen LogP contribution in [-0.4, -0.2) is 46.0 Å². The molecule has 0 radical (unpaired) electrons. The van der Waals surface area contributed by atoms with E-state index in [0.717, 1.165) is 56.8 Å².